The monoisotopic (exact) mass is 413 g/mol. The van der Waals surface area contributed by atoms with Gasteiger partial charge in [0.25, 0.3) is 0 Å². The summed E-state index contributed by atoms with van der Waals surface area (Å²) in [6.07, 6.45) is 4.21. The average Bonchev–Trinajstić information content (AvgIpc) is 3.64. The molecule has 6 nitrogen and oxygen atoms in total. The van der Waals surface area contributed by atoms with Crippen molar-refractivity contribution >= 4 is 27.7 Å². The highest BCUT2D eigenvalue weighted by molar-refractivity contribution is 5.94. The number of ether oxygens (including phenoxy) is 1. The van der Waals surface area contributed by atoms with Gasteiger partial charge in [-0.15, -0.1) is 0 Å². The van der Waals surface area contributed by atoms with E-state index in [0.717, 1.165) is 23.2 Å². The maximum atomic E-state index is 12.8. The molecule has 4 aromatic rings. The largest absolute Gasteiger partial charge is 0.477 e. The summed E-state index contributed by atoms with van der Waals surface area (Å²) in [5, 5.41) is 4.17. The predicted molar refractivity (Wildman–Crippen MR) is 120 cm³/mol. The summed E-state index contributed by atoms with van der Waals surface area (Å²) in [4.78, 5) is 29.9. The first-order valence-corrected chi connectivity index (χ1v) is 10.5. The SMILES string of the molecule is O=C(Cn1c2ccccc2c(=O)c2ccccc21)NCc1ccc(OCC2CC2)nc1. The second kappa shape index (κ2) is 8.22. The summed E-state index contributed by atoms with van der Waals surface area (Å²) in [6, 6.07) is 18.6. The fraction of sp³-hybridized carbons (Fsp3) is 0.240. The van der Waals surface area contributed by atoms with Gasteiger partial charge in [-0.3, -0.25) is 9.59 Å². The van der Waals surface area contributed by atoms with Crippen LogP contribution >= 0.6 is 0 Å². The predicted octanol–water partition coefficient (Wildman–Crippen LogP) is 3.65. The lowest BCUT2D eigenvalue weighted by Crippen LogP contribution is -2.28. The highest BCUT2D eigenvalue weighted by atomic mass is 16.5. The summed E-state index contributed by atoms with van der Waals surface area (Å²) in [7, 11) is 0. The smallest absolute Gasteiger partial charge is 0.240 e. The number of amides is 1. The number of benzene rings is 2. The van der Waals surface area contributed by atoms with E-state index in [1.807, 2.05) is 53.1 Å². The van der Waals surface area contributed by atoms with Gasteiger partial charge in [-0.25, -0.2) is 4.98 Å². The molecule has 31 heavy (non-hydrogen) atoms. The first-order valence-electron chi connectivity index (χ1n) is 10.5. The van der Waals surface area contributed by atoms with Crippen molar-refractivity contribution in [2.45, 2.75) is 25.9 Å². The molecule has 1 saturated carbocycles. The van der Waals surface area contributed by atoms with E-state index in [1.54, 1.807) is 18.3 Å². The fourth-order valence-corrected chi connectivity index (χ4v) is 3.74. The van der Waals surface area contributed by atoms with Crippen LogP contribution in [0.2, 0.25) is 0 Å². The second-order valence-corrected chi connectivity index (χ2v) is 7.99. The number of aromatic nitrogens is 2. The van der Waals surface area contributed by atoms with Gasteiger partial charge in [0.05, 0.1) is 17.6 Å². The van der Waals surface area contributed by atoms with Gasteiger partial charge in [0.1, 0.15) is 6.54 Å². The van der Waals surface area contributed by atoms with Crippen LogP contribution in [0, 0.1) is 5.92 Å². The van der Waals surface area contributed by atoms with Crippen molar-refractivity contribution < 1.29 is 9.53 Å². The van der Waals surface area contributed by atoms with Crippen LogP contribution in [0.25, 0.3) is 21.8 Å². The van der Waals surface area contributed by atoms with Crippen LogP contribution in [0.4, 0.5) is 0 Å². The lowest BCUT2D eigenvalue weighted by Gasteiger charge is -2.15. The van der Waals surface area contributed by atoms with E-state index >= 15 is 0 Å². The minimum Gasteiger partial charge on any atom is -0.477 e. The van der Waals surface area contributed by atoms with Gasteiger partial charge in [0, 0.05) is 29.6 Å². The van der Waals surface area contributed by atoms with E-state index in [1.165, 1.54) is 12.8 Å². The summed E-state index contributed by atoms with van der Waals surface area (Å²) in [5.74, 6) is 1.17. The van der Waals surface area contributed by atoms with Crippen molar-refractivity contribution in [3.63, 3.8) is 0 Å². The standard InChI is InChI=1S/C25H23N3O3/c29-23(26-13-18-11-12-24(27-14-18)31-16-17-9-10-17)15-28-21-7-3-1-5-19(21)25(30)20-6-2-4-8-22(20)28/h1-8,11-12,14,17H,9-10,13,15-16H2,(H,26,29). The van der Waals surface area contributed by atoms with Crippen molar-refractivity contribution in [1.29, 1.82) is 0 Å². The van der Waals surface area contributed by atoms with Crippen LogP contribution < -0.4 is 15.5 Å². The summed E-state index contributed by atoms with van der Waals surface area (Å²) < 4.78 is 7.55. The molecule has 2 aromatic heterocycles. The summed E-state index contributed by atoms with van der Waals surface area (Å²) in [5.41, 5.74) is 2.39. The summed E-state index contributed by atoms with van der Waals surface area (Å²) >= 11 is 0. The molecule has 1 aliphatic rings. The molecule has 0 bridgehead atoms. The number of para-hydroxylation sites is 2. The number of hydrogen-bond acceptors (Lipinski definition) is 4. The third kappa shape index (κ3) is 4.14. The number of carbonyl (C=O) groups is 1. The van der Waals surface area contributed by atoms with Gasteiger partial charge < -0.3 is 14.6 Å². The van der Waals surface area contributed by atoms with E-state index in [-0.39, 0.29) is 17.9 Å². The first kappa shape index (κ1) is 19.3. The van der Waals surface area contributed by atoms with Gasteiger partial charge >= 0.3 is 0 Å². The third-order valence-electron chi connectivity index (χ3n) is 5.63. The Labute approximate surface area is 179 Å². The van der Waals surface area contributed by atoms with Crippen LogP contribution in [0.5, 0.6) is 5.88 Å². The number of rotatable bonds is 7. The maximum Gasteiger partial charge on any atom is 0.240 e. The average molecular weight is 413 g/mol. The van der Waals surface area contributed by atoms with Gasteiger partial charge in [-0.05, 0) is 48.6 Å². The number of nitrogens with one attached hydrogen (secondary N) is 1. The normalized spacial score (nSPS) is 13.4. The molecule has 2 aromatic carbocycles. The Hall–Kier alpha value is -3.67. The van der Waals surface area contributed by atoms with E-state index in [4.69, 9.17) is 4.74 Å². The van der Waals surface area contributed by atoms with E-state index in [9.17, 15) is 9.59 Å². The van der Waals surface area contributed by atoms with Crippen molar-refractivity contribution in [2.24, 2.45) is 5.92 Å². The van der Waals surface area contributed by atoms with Crippen molar-refractivity contribution in [2.75, 3.05) is 6.61 Å². The highest BCUT2D eigenvalue weighted by Gasteiger charge is 2.22. The Morgan fingerprint density at radius 2 is 1.68 bits per heavy atom. The van der Waals surface area contributed by atoms with Crippen LogP contribution in [0.15, 0.2) is 71.7 Å². The van der Waals surface area contributed by atoms with Crippen molar-refractivity contribution in [3.8, 4) is 5.88 Å². The molecule has 5 rings (SSSR count). The quantitative estimate of drug-likeness (QED) is 0.470. The second-order valence-electron chi connectivity index (χ2n) is 7.99. The topological polar surface area (TPSA) is 73.2 Å². The number of pyridine rings is 2. The Bertz CT molecular complexity index is 1250. The fourth-order valence-electron chi connectivity index (χ4n) is 3.74. The lowest BCUT2D eigenvalue weighted by atomic mass is 10.1. The Morgan fingerprint density at radius 3 is 2.29 bits per heavy atom. The summed E-state index contributed by atoms with van der Waals surface area (Å²) in [6.45, 7) is 1.23. The number of fused-ring (bicyclic) bond motifs is 2. The molecule has 0 saturated heterocycles. The number of nitrogens with zero attached hydrogens (tertiary/aromatic N) is 2. The zero-order valence-electron chi connectivity index (χ0n) is 17.1. The lowest BCUT2D eigenvalue weighted by molar-refractivity contribution is -0.121. The molecular formula is C25H23N3O3. The molecule has 1 fully saturated rings. The van der Waals surface area contributed by atoms with Crippen LogP contribution in [-0.2, 0) is 17.9 Å². The molecule has 0 unspecified atom stereocenters. The molecule has 0 aliphatic heterocycles. The van der Waals surface area contributed by atoms with Gasteiger partial charge in [0.15, 0.2) is 5.43 Å². The molecule has 1 amide bonds. The van der Waals surface area contributed by atoms with Gasteiger partial charge in [0.2, 0.25) is 11.8 Å². The van der Waals surface area contributed by atoms with E-state index in [0.29, 0.717) is 29.1 Å². The molecule has 6 heteroatoms. The maximum absolute atomic E-state index is 12.8. The molecule has 2 heterocycles. The van der Waals surface area contributed by atoms with Crippen LogP contribution in [-0.4, -0.2) is 22.1 Å². The zero-order valence-corrected chi connectivity index (χ0v) is 17.1. The molecule has 0 spiro atoms. The van der Waals surface area contributed by atoms with Crippen molar-refractivity contribution in [3.05, 3.63) is 82.6 Å². The number of carbonyl (C=O) groups excluding carboxylic acids is 1. The molecular weight excluding hydrogens is 390 g/mol. The Kier molecular flexibility index (Phi) is 5.12. The Balaban J connectivity index is 1.32. The van der Waals surface area contributed by atoms with E-state index < -0.39 is 0 Å². The number of hydrogen-bond donors (Lipinski definition) is 1. The Morgan fingerprint density at radius 1 is 1.00 bits per heavy atom. The molecule has 0 radical (unpaired) electrons. The van der Waals surface area contributed by atoms with Crippen LogP contribution in [0.3, 0.4) is 0 Å². The highest BCUT2D eigenvalue weighted by Crippen LogP contribution is 2.29. The minimum atomic E-state index is -0.131. The third-order valence-corrected chi connectivity index (χ3v) is 5.63. The van der Waals surface area contributed by atoms with E-state index in [2.05, 4.69) is 10.3 Å². The minimum absolute atomic E-state index is 0.0158. The zero-order chi connectivity index (χ0) is 21.2. The molecule has 0 atom stereocenters. The molecule has 1 aliphatic carbocycles. The van der Waals surface area contributed by atoms with Crippen molar-refractivity contribution in [1.82, 2.24) is 14.9 Å². The van der Waals surface area contributed by atoms with Gasteiger partial charge in [-0.2, -0.15) is 0 Å². The van der Waals surface area contributed by atoms with Gasteiger partial charge in [-0.1, -0.05) is 30.3 Å². The molecule has 1 N–H and O–H groups in total. The first-order chi connectivity index (χ1) is 15.2. The molecule has 156 valence electrons. The van der Waals surface area contributed by atoms with Crippen LogP contribution in [0.1, 0.15) is 18.4 Å².